The van der Waals surface area contributed by atoms with Gasteiger partial charge in [0.1, 0.15) is 0 Å². The van der Waals surface area contributed by atoms with Crippen molar-refractivity contribution < 1.29 is 4.79 Å². The number of carbonyl (C=O) groups is 1. The highest BCUT2D eigenvalue weighted by atomic mass is 32.1. The van der Waals surface area contributed by atoms with Crippen molar-refractivity contribution in [1.82, 2.24) is 4.98 Å². The third-order valence-electron chi connectivity index (χ3n) is 2.31. The lowest BCUT2D eigenvalue weighted by Crippen LogP contribution is -2.10. The first-order valence-electron chi connectivity index (χ1n) is 5.20. The van der Waals surface area contributed by atoms with Crippen LogP contribution in [0.15, 0.2) is 29.6 Å². The van der Waals surface area contributed by atoms with E-state index in [2.05, 4.69) is 10.3 Å². The predicted molar refractivity (Wildman–Crippen MR) is 69.1 cm³/mol. The monoisotopic (exact) mass is 247 g/mol. The fraction of sp³-hybridized carbons (Fsp3) is 0.167. The van der Waals surface area contributed by atoms with Crippen molar-refractivity contribution in [2.24, 2.45) is 5.73 Å². The smallest absolute Gasteiger partial charge is 0.248 e. The maximum absolute atomic E-state index is 10.9. The summed E-state index contributed by atoms with van der Waals surface area (Å²) in [6.07, 6.45) is 0. The maximum atomic E-state index is 10.9. The zero-order valence-corrected chi connectivity index (χ0v) is 10.3. The first kappa shape index (κ1) is 11.6. The first-order valence-corrected chi connectivity index (χ1v) is 6.08. The number of hydrogen-bond acceptors (Lipinski definition) is 4. The number of benzene rings is 1. The van der Waals surface area contributed by atoms with E-state index in [1.165, 1.54) is 0 Å². The zero-order valence-electron chi connectivity index (χ0n) is 9.43. The lowest BCUT2D eigenvalue weighted by Gasteiger charge is -2.04. The normalized spacial score (nSPS) is 10.2. The molecule has 88 valence electrons. The molecule has 2 rings (SSSR count). The van der Waals surface area contributed by atoms with E-state index in [1.807, 2.05) is 24.4 Å². The Hall–Kier alpha value is -1.88. The molecule has 1 amide bonds. The lowest BCUT2D eigenvalue weighted by atomic mass is 10.2. The molecule has 0 aliphatic carbocycles. The molecule has 0 atom stereocenters. The number of anilines is 1. The third-order valence-corrected chi connectivity index (χ3v) is 3.13. The molecule has 0 fully saturated rings. The van der Waals surface area contributed by atoms with Crippen molar-refractivity contribution in [3.05, 3.63) is 45.9 Å². The van der Waals surface area contributed by atoms with Crippen LogP contribution in [0.1, 0.15) is 21.1 Å². The number of rotatable bonds is 4. The molecule has 5 heteroatoms. The van der Waals surface area contributed by atoms with E-state index in [4.69, 9.17) is 5.73 Å². The SMILES string of the molecule is Cc1nc(CNc2ccc(C(N)=O)cc2)cs1. The summed E-state index contributed by atoms with van der Waals surface area (Å²) in [6, 6.07) is 7.08. The van der Waals surface area contributed by atoms with Gasteiger partial charge in [0.15, 0.2) is 0 Å². The molecule has 0 aliphatic rings. The van der Waals surface area contributed by atoms with E-state index in [0.29, 0.717) is 12.1 Å². The minimum atomic E-state index is -0.410. The van der Waals surface area contributed by atoms with Crippen molar-refractivity contribution >= 4 is 22.9 Å². The predicted octanol–water partition coefficient (Wildman–Crippen LogP) is 2.16. The Morgan fingerprint density at radius 3 is 2.65 bits per heavy atom. The molecule has 0 unspecified atom stereocenters. The van der Waals surface area contributed by atoms with E-state index in [9.17, 15) is 4.79 Å². The number of primary amides is 1. The first-order chi connectivity index (χ1) is 8.15. The molecule has 1 heterocycles. The fourth-order valence-corrected chi connectivity index (χ4v) is 2.05. The van der Waals surface area contributed by atoms with Crippen LogP contribution in [0.25, 0.3) is 0 Å². The van der Waals surface area contributed by atoms with Crippen LogP contribution in [0.3, 0.4) is 0 Å². The van der Waals surface area contributed by atoms with Gasteiger partial charge in [-0.1, -0.05) is 0 Å². The topological polar surface area (TPSA) is 68.0 Å². The second kappa shape index (κ2) is 4.97. The molecule has 0 spiro atoms. The van der Waals surface area contributed by atoms with Gasteiger partial charge in [-0.05, 0) is 31.2 Å². The van der Waals surface area contributed by atoms with Gasteiger partial charge in [-0.2, -0.15) is 0 Å². The van der Waals surface area contributed by atoms with E-state index in [0.717, 1.165) is 16.4 Å². The molecule has 1 aromatic carbocycles. The van der Waals surface area contributed by atoms with Gasteiger partial charge in [0.2, 0.25) is 5.91 Å². The standard InChI is InChI=1S/C12H13N3OS/c1-8-15-11(7-17-8)6-14-10-4-2-9(3-5-10)12(13)16/h2-5,7,14H,6H2,1H3,(H2,13,16). The Morgan fingerprint density at radius 1 is 1.41 bits per heavy atom. The Kier molecular flexibility index (Phi) is 3.39. The summed E-state index contributed by atoms with van der Waals surface area (Å²) < 4.78 is 0. The van der Waals surface area contributed by atoms with Gasteiger partial charge in [-0.15, -0.1) is 11.3 Å². The molecule has 0 saturated carbocycles. The maximum Gasteiger partial charge on any atom is 0.248 e. The fourth-order valence-electron chi connectivity index (χ4n) is 1.43. The highest BCUT2D eigenvalue weighted by Crippen LogP contribution is 2.12. The summed E-state index contributed by atoms with van der Waals surface area (Å²) in [5.41, 5.74) is 7.64. The quantitative estimate of drug-likeness (QED) is 0.870. The number of nitrogens with two attached hydrogens (primary N) is 1. The van der Waals surface area contributed by atoms with Crippen molar-refractivity contribution in [2.75, 3.05) is 5.32 Å². The summed E-state index contributed by atoms with van der Waals surface area (Å²) in [7, 11) is 0. The van der Waals surface area contributed by atoms with Gasteiger partial charge in [0.25, 0.3) is 0 Å². The van der Waals surface area contributed by atoms with E-state index in [-0.39, 0.29) is 0 Å². The van der Waals surface area contributed by atoms with Crippen molar-refractivity contribution in [1.29, 1.82) is 0 Å². The van der Waals surface area contributed by atoms with E-state index < -0.39 is 5.91 Å². The minimum absolute atomic E-state index is 0.410. The molecule has 4 nitrogen and oxygen atoms in total. The van der Waals surface area contributed by atoms with Gasteiger partial charge < -0.3 is 11.1 Å². The zero-order chi connectivity index (χ0) is 12.3. The third kappa shape index (κ3) is 3.04. The Balaban J connectivity index is 1.97. The van der Waals surface area contributed by atoms with Crippen LogP contribution in [-0.2, 0) is 6.54 Å². The van der Waals surface area contributed by atoms with Gasteiger partial charge in [0.05, 0.1) is 17.2 Å². The average Bonchev–Trinajstić information content (AvgIpc) is 2.73. The summed E-state index contributed by atoms with van der Waals surface area (Å²) in [6.45, 7) is 2.66. The highest BCUT2D eigenvalue weighted by Gasteiger charge is 2.01. The van der Waals surface area contributed by atoms with Gasteiger partial charge in [-0.3, -0.25) is 4.79 Å². The number of amides is 1. The van der Waals surface area contributed by atoms with E-state index >= 15 is 0 Å². The van der Waals surface area contributed by atoms with Crippen LogP contribution in [-0.4, -0.2) is 10.9 Å². The van der Waals surface area contributed by atoms with Crippen molar-refractivity contribution in [2.45, 2.75) is 13.5 Å². The summed E-state index contributed by atoms with van der Waals surface area (Å²) in [4.78, 5) is 15.2. The van der Waals surface area contributed by atoms with Crippen LogP contribution in [0, 0.1) is 6.92 Å². The minimum Gasteiger partial charge on any atom is -0.379 e. The summed E-state index contributed by atoms with van der Waals surface area (Å²) in [5.74, 6) is -0.410. The van der Waals surface area contributed by atoms with E-state index in [1.54, 1.807) is 23.5 Å². The number of nitrogens with one attached hydrogen (secondary N) is 1. The molecule has 2 aromatic rings. The number of nitrogens with zero attached hydrogens (tertiary/aromatic N) is 1. The molecular formula is C12H13N3OS. The van der Waals surface area contributed by atoms with Gasteiger partial charge in [0, 0.05) is 16.6 Å². The molecule has 1 aromatic heterocycles. The van der Waals surface area contributed by atoms with Crippen molar-refractivity contribution in [3.63, 3.8) is 0 Å². The average molecular weight is 247 g/mol. The van der Waals surface area contributed by atoms with Gasteiger partial charge >= 0.3 is 0 Å². The molecule has 17 heavy (non-hydrogen) atoms. The van der Waals surface area contributed by atoms with Crippen LogP contribution in [0.2, 0.25) is 0 Å². The van der Waals surface area contributed by atoms with Gasteiger partial charge in [-0.25, -0.2) is 4.98 Å². The number of hydrogen-bond donors (Lipinski definition) is 2. The second-order valence-corrected chi connectivity index (χ2v) is 4.72. The molecular weight excluding hydrogens is 234 g/mol. The number of aryl methyl sites for hydroxylation is 1. The molecule has 3 N–H and O–H groups in total. The number of carbonyl (C=O) groups excluding carboxylic acids is 1. The molecule has 0 aliphatic heterocycles. The van der Waals surface area contributed by atoms with Crippen LogP contribution in [0.4, 0.5) is 5.69 Å². The Labute approximate surface area is 103 Å². The Bertz CT molecular complexity index is 519. The Morgan fingerprint density at radius 2 is 2.12 bits per heavy atom. The number of aromatic nitrogens is 1. The summed E-state index contributed by atoms with van der Waals surface area (Å²) >= 11 is 1.63. The van der Waals surface area contributed by atoms with Crippen LogP contribution >= 0.6 is 11.3 Å². The highest BCUT2D eigenvalue weighted by molar-refractivity contribution is 7.09. The molecule has 0 radical (unpaired) electrons. The van der Waals surface area contributed by atoms with Crippen LogP contribution in [0.5, 0.6) is 0 Å². The van der Waals surface area contributed by atoms with Crippen LogP contribution < -0.4 is 11.1 Å². The number of thiazole rings is 1. The lowest BCUT2D eigenvalue weighted by molar-refractivity contribution is 0.100. The summed E-state index contributed by atoms with van der Waals surface area (Å²) in [5, 5.41) is 6.32. The van der Waals surface area contributed by atoms with Crippen molar-refractivity contribution in [3.8, 4) is 0 Å². The second-order valence-electron chi connectivity index (χ2n) is 3.65. The largest absolute Gasteiger partial charge is 0.379 e. The molecule has 0 saturated heterocycles. The molecule has 0 bridgehead atoms.